The zero-order chi connectivity index (χ0) is 15.2. The van der Waals surface area contributed by atoms with Crippen LogP contribution in [0.2, 0.25) is 0 Å². The summed E-state index contributed by atoms with van der Waals surface area (Å²) in [5.41, 5.74) is 3.22. The topological polar surface area (TPSA) is 46.5 Å². The molecule has 0 saturated carbocycles. The minimum absolute atomic E-state index is 0.0681. The highest BCUT2D eigenvalue weighted by atomic mass is 16.5. The zero-order valence-electron chi connectivity index (χ0n) is 12.4. The Morgan fingerprint density at radius 2 is 1.86 bits per heavy atom. The summed E-state index contributed by atoms with van der Waals surface area (Å²) < 4.78 is 5.23. The van der Waals surface area contributed by atoms with Crippen molar-refractivity contribution in [3.63, 3.8) is 0 Å². The molecule has 2 aromatic rings. The molecule has 0 saturated heterocycles. The van der Waals surface area contributed by atoms with Crippen LogP contribution in [0.15, 0.2) is 48.5 Å². The largest absolute Gasteiger partial charge is 0.497 e. The Hall–Kier alpha value is -2.29. The molecule has 2 rings (SSSR count). The summed E-state index contributed by atoms with van der Waals surface area (Å²) >= 11 is 0. The maximum Gasteiger partial charge on any atom is 0.304 e. The lowest BCUT2D eigenvalue weighted by molar-refractivity contribution is -0.137. The molecular weight excluding hydrogens is 264 g/mol. The molecule has 1 atom stereocenters. The van der Waals surface area contributed by atoms with Crippen LogP contribution in [-0.2, 0) is 11.2 Å². The van der Waals surface area contributed by atoms with E-state index in [4.69, 9.17) is 4.74 Å². The van der Waals surface area contributed by atoms with Crippen LogP contribution >= 0.6 is 0 Å². The third-order valence-corrected chi connectivity index (χ3v) is 3.67. The van der Waals surface area contributed by atoms with Gasteiger partial charge in [-0.05, 0) is 35.2 Å². The summed E-state index contributed by atoms with van der Waals surface area (Å²) in [4.78, 5) is 11.2. The highest BCUT2D eigenvalue weighted by molar-refractivity contribution is 5.69. The van der Waals surface area contributed by atoms with Gasteiger partial charge in [0.25, 0.3) is 0 Å². The van der Waals surface area contributed by atoms with Crippen molar-refractivity contribution in [2.75, 3.05) is 7.11 Å². The molecule has 0 aliphatic carbocycles. The first kappa shape index (κ1) is 15.1. The molecule has 0 bridgehead atoms. The Balaban J connectivity index is 2.38. The van der Waals surface area contributed by atoms with Gasteiger partial charge in [-0.3, -0.25) is 4.79 Å². The molecule has 0 spiro atoms. The first-order chi connectivity index (χ1) is 10.1. The summed E-state index contributed by atoms with van der Waals surface area (Å²) in [6.45, 7) is 2.10. The number of carboxylic acids is 1. The molecule has 1 N–H and O–H groups in total. The molecule has 21 heavy (non-hydrogen) atoms. The maximum atomic E-state index is 11.2. The monoisotopic (exact) mass is 284 g/mol. The van der Waals surface area contributed by atoms with E-state index in [-0.39, 0.29) is 12.3 Å². The SMILES string of the molecule is CCc1ccc(C(CC(=O)O)c2cccc(OC)c2)cc1. The second-order valence-electron chi connectivity index (χ2n) is 5.02. The van der Waals surface area contributed by atoms with E-state index in [1.54, 1.807) is 7.11 Å². The van der Waals surface area contributed by atoms with E-state index >= 15 is 0 Å². The van der Waals surface area contributed by atoms with Crippen molar-refractivity contribution in [3.8, 4) is 5.75 Å². The van der Waals surface area contributed by atoms with E-state index in [1.807, 2.05) is 36.4 Å². The normalized spacial score (nSPS) is 11.9. The molecule has 3 nitrogen and oxygen atoms in total. The summed E-state index contributed by atoms with van der Waals surface area (Å²) in [6, 6.07) is 15.8. The number of hydrogen-bond acceptors (Lipinski definition) is 2. The molecule has 1 unspecified atom stereocenters. The molecule has 0 heterocycles. The number of benzene rings is 2. The molecule has 0 aliphatic rings. The molecule has 0 aromatic heterocycles. The number of ether oxygens (including phenoxy) is 1. The van der Waals surface area contributed by atoms with E-state index in [0.29, 0.717) is 0 Å². The van der Waals surface area contributed by atoms with Crippen LogP contribution in [0.3, 0.4) is 0 Å². The average Bonchev–Trinajstić information content (AvgIpc) is 2.52. The van der Waals surface area contributed by atoms with Crippen molar-refractivity contribution in [3.05, 3.63) is 65.2 Å². The van der Waals surface area contributed by atoms with Crippen LogP contribution in [0, 0.1) is 0 Å². The van der Waals surface area contributed by atoms with Crippen molar-refractivity contribution >= 4 is 5.97 Å². The first-order valence-corrected chi connectivity index (χ1v) is 7.08. The van der Waals surface area contributed by atoms with Crippen LogP contribution in [0.4, 0.5) is 0 Å². The summed E-state index contributed by atoms with van der Waals surface area (Å²) in [5.74, 6) is -0.223. The number of hydrogen-bond donors (Lipinski definition) is 1. The predicted molar refractivity (Wildman–Crippen MR) is 82.9 cm³/mol. The van der Waals surface area contributed by atoms with E-state index in [1.165, 1.54) is 5.56 Å². The van der Waals surface area contributed by atoms with Gasteiger partial charge in [-0.2, -0.15) is 0 Å². The lowest BCUT2D eigenvalue weighted by Crippen LogP contribution is -2.08. The van der Waals surface area contributed by atoms with Gasteiger partial charge < -0.3 is 9.84 Å². The quantitative estimate of drug-likeness (QED) is 0.876. The molecule has 2 aromatic carbocycles. The van der Waals surface area contributed by atoms with Gasteiger partial charge in [0.15, 0.2) is 0 Å². The fourth-order valence-electron chi connectivity index (χ4n) is 2.45. The third kappa shape index (κ3) is 3.85. The number of carboxylic acid groups (broad SMARTS) is 1. The minimum Gasteiger partial charge on any atom is -0.497 e. The predicted octanol–water partition coefficient (Wildman–Crippen LogP) is 3.86. The fourth-order valence-corrected chi connectivity index (χ4v) is 2.45. The number of aliphatic carboxylic acids is 1. The molecule has 0 radical (unpaired) electrons. The molecular formula is C18H20O3. The van der Waals surface area contributed by atoms with E-state index in [9.17, 15) is 9.90 Å². The number of aryl methyl sites for hydroxylation is 1. The van der Waals surface area contributed by atoms with Crippen molar-refractivity contribution in [1.82, 2.24) is 0 Å². The van der Waals surface area contributed by atoms with Crippen molar-refractivity contribution < 1.29 is 14.6 Å². The molecule has 110 valence electrons. The summed E-state index contributed by atoms with van der Waals surface area (Å²) in [5, 5.41) is 9.20. The van der Waals surface area contributed by atoms with Gasteiger partial charge in [0.2, 0.25) is 0 Å². The highest BCUT2D eigenvalue weighted by Crippen LogP contribution is 2.30. The van der Waals surface area contributed by atoms with Gasteiger partial charge in [0.05, 0.1) is 13.5 Å². The second kappa shape index (κ2) is 6.93. The molecule has 0 fully saturated rings. The minimum atomic E-state index is -0.803. The van der Waals surface area contributed by atoms with Crippen molar-refractivity contribution in [1.29, 1.82) is 0 Å². The molecule has 0 amide bonds. The van der Waals surface area contributed by atoms with Crippen LogP contribution in [0.5, 0.6) is 5.75 Å². The van der Waals surface area contributed by atoms with E-state index in [0.717, 1.165) is 23.3 Å². The first-order valence-electron chi connectivity index (χ1n) is 7.08. The van der Waals surface area contributed by atoms with Gasteiger partial charge in [-0.15, -0.1) is 0 Å². The Bertz CT molecular complexity index is 602. The van der Waals surface area contributed by atoms with Gasteiger partial charge >= 0.3 is 5.97 Å². The average molecular weight is 284 g/mol. The second-order valence-corrected chi connectivity index (χ2v) is 5.02. The van der Waals surface area contributed by atoms with E-state index < -0.39 is 5.97 Å². The Morgan fingerprint density at radius 1 is 1.14 bits per heavy atom. The Kier molecular flexibility index (Phi) is 4.99. The van der Waals surface area contributed by atoms with Crippen LogP contribution < -0.4 is 4.74 Å². The van der Waals surface area contributed by atoms with Crippen LogP contribution in [0.1, 0.15) is 36.0 Å². The number of carbonyl (C=O) groups is 1. The van der Waals surface area contributed by atoms with Gasteiger partial charge in [0.1, 0.15) is 5.75 Å². The third-order valence-electron chi connectivity index (χ3n) is 3.67. The maximum absolute atomic E-state index is 11.2. The Morgan fingerprint density at radius 3 is 2.43 bits per heavy atom. The zero-order valence-corrected chi connectivity index (χ0v) is 12.4. The lowest BCUT2D eigenvalue weighted by Gasteiger charge is -2.17. The van der Waals surface area contributed by atoms with E-state index in [2.05, 4.69) is 19.1 Å². The lowest BCUT2D eigenvalue weighted by atomic mass is 9.88. The van der Waals surface area contributed by atoms with Gasteiger partial charge in [-0.1, -0.05) is 43.3 Å². The van der Waals surface area contributed by atoms with Crippen molar-refractivity contribution in [2.24, 2.45) is 0 Å². The number of rotatable bonds is 6. The van der Waals surface area contributed by atoms with Crippen LogP contribution in [0.25, 0.3) is 0 Å². The molecule has 0 aliphatic heterocycles. The standard InChI is InChI=1S/C18H20O3/c1-3-13-7-9-14(10-8-13)17(12-18(19)20)15-5-4-6-16(11-15)21-2/h4-11,17H,3,12H2,1-2H3,(H,19,20). The van der Waals surface area contributed by atoms with Crippen molar-refractivity contribution in [2.45, 2.75) is 25.7 Å². The Labute approximate surface area is 125 Å². The summed E-state index contributed by atoms with van der Waals surface area (Å²) in [6.07, 6.45) is 1.04. The van der Waals surface area contributed by atoms with Crippen LogP contribution in [-0.4, -0.2) is 18.2 Å². The fraction of sp³-hybridized carbons (Fsp3) is 0.278. The summed E-state index contributed by atoms with van der Waals surface area (Å²) in [7, 11) is 1.61. The number of methoxy groups -OCH3 is 1. The smallest absolute Gasteiger partial charge is 0.304 e. The van der Waals surface area contributed by atoms with Gasteiger partial charge in [0, 0.05) is 5.92 Å². The van der Waals surface area contributed by atoms with Gasteiger partial charge in [-0.25, -0.2) is 0 Å². The molecule has 3 heteroatoms. The highest BCUT2D eigenvalue weighted by Gasteiger charge is 2.18.